The molecule has 0 spiro atoms. The van der Waals surface area contributed by atoms with Gasteiger partial charge in [-0.3, -0.25) is 0 Å². The fourth-order valence-electron chi connectivity index (χ4n) is 1.50. The molecule has 3 N–H and O–H groups in total. The van der Waals surface area contributed by atoms with Gasteiger partial charge in [0.1, 0.15) is 5.82 Å². The summed E-state index contributed by atoms with van der Waals surface area (Å²) in [4.78, 5) is 0. The third kappa shape index (κ3) is 3.00. The van der Waals surface area contributed by atoms with Crippen LogP contribution in [-0.4, -0.2) is 11.7 Å². The van der Waals surface area contributed by atoms with Crippen molar-refractivity contribution in [2.75, 3.05) is 6.61 Å². The van der Waals surface area contributed by atoms with Gasteiger partial charge in [-0.25, -0.2) is 4.39 Å². The van der Waals surface area contributed by atoms with E-state index in [0.29, 0.717) is 6.07 Å². The van der Waals surface area contributed by atoms with Crippen molar-refractivity contribution in [1.29, 1.82) is 0 Å². The van der Waals surface area contributed by atoms with Crippen LogP contribution in [-0.2, 0) is 6.18 Å². The Labute approximate surface area is 102 Å². The first kappa shape index (κ1) is 14.9. The summed E-state index contributed by atoms with van der Waals surface area (Å²) in [6.07, 6.45) is -4.76. The predicted octanol–water partition coefficient (Wildman–Crippen LogP) is 2.86. The predicted molar refractivity (Wildman–Crippen MR) is 59.2 cm³/mol. The molecule has 0 saturated heterocycles. The van der Waals surface area contributed by atoms with E-state index in [1.54, 1.807) is 13.8 Å². The number of halogens is 4. The third-order valence-electron chi connectivity index (χ3n) is 2.90. The van der Waals surface area contributed by atoms with Crippen molar-refractivity contribution >= 4 is 0 Å². The number of benzene rings is 1. The van der Waals surface area contributed by atoms with Crippen molar-refractivity contribution in [1.82, 2.24) is 0 Å². The van der Waals surface area contributed by atoms with Crippen LogP contribution in [0.15, 0.2) is 18.2 Å². The Hall–Kier alpha value is -1.14. The average Bonchev–Trinajstić information content (AvgIpc) is 2.27. The molecule has 1 aromatic carbocycles. The number of aliphatic hydroxyl groups is 1. The largest absolute Gasteiger partial charge is 0.419 e. The summed E-state index contributed by atoms with van der Waals surface area (Å²) >= 11 is 0. The van der Waals surface area contributed by atoms with Gasteiger partial charge in [0.15, 0.2) is 0 Å². The Balaban J connectivity index is 3.21. The van der Waals surface area contributed by atoms with Gasteiger partial charge in [-0.2, -0.15) is 13.2 Å². The lowest BCUT2D eigenvalue weighted by atomic mass is 9.81. The molecule has 102 valence electrons. The Morgan fingerprint density at radius 3 is 2.28 bits per heavy atom. The molecule has 0 aliphatic rings. The molecule has 0 unspecified atom stereocenters. The molecule has 0 aromatic heterocycles. The fraction of sp³-hybridized carbons (Fsp3) is 0.500. The number of nitrogens with two attached hydrogens (primary N) is 1. The number of alkyl halides is 3. The van der Waals surface area contributed by atoms with Crippen LogP contribution in [0.2, 0.25) is 0 Å². The van der Waals surface area contributed by atoms with E-state index in [2.05, 4.69) is 0 Å². The van der Waals surface area contributed by atoms with E-state index in [-0.39, 0.29) is 12.2 Å². The lowest BCUT2D eigenvalue weighted by Crippen LogP contribution is -2.32. The first-order valence-electron chi connectivity index (χ1n) is 5.32. The van der Waals surface area contributed by atoms with Crippen molar-refractivity contribution < 1.29 is 22.7 Å². The standard InChI is InChI=1S/C12H15F4NO/c1-11(2,6-18)10(17)7-3-4-9(13)8(5-7)12(14,15)16/h3-5,10,18H,6,17H2,1-2H3/t10-/m0/s1. The highest BCUT2D eigenvalue weighted by Crippen LogP contribution is 2.36. The van der Waals surface area contributed by atoms with E-state index in [0.717, 1.165) is 6.07 Å². The van der Waals surface area contributed by atoms with Crippen LogP contribution < -0.4 is 5.73 Å². The SMILES string of the molecule is CC(C)(CO)[C@@H](N)c1ccc(F)c(C(F)(F)F)c1. The van der Waals surface area contributed by atoms with E-state index in [4.69, 9.17) is 10.8 Å². The minimum Gasteiger partial charge on any atom is -0.396 e. The van der Waals surface area contributed by atoms with Gasteiger partial charge < -0.3 is 10.8 Å². The molecule has 1 atom stereocenters. The maximum atomic E-state index is 13.1. The molecule has 2 nitrogen and oxygen atoms in total. The summed E-state index contributed by atoms with van der Waals surface area (Å²) in [5.74, 6) is -1.33. The zero-order chi connectivity index (χ0) is 14.1. The van der Waals surface area contributed by atoms with E-state index in [9.17, 15) is 17.6 Å². The van der Waals surface area contributed by atoms with Crippen LogP contribution in [0.3, 0.4) is 0 Å². The van der Waals surface area contributed by atoms with Gasteiger partial charge in [-0.05, 0) is 17.7 Å². The summed E-state index contributed by atoms with van der Waals surface area (Å²) < 4.78 is 50.7. The number of hydrogen-bond acceptors (Lipinski definition) is 2. The van der Waals surface area contributed by atoms with E-state index in [1.165, 1.54) is 6.07 Å². The molecule has 0 amide bonds. The Kier molecular flexibility index (Phi) is 4.02. The van der Waals surface area contributed by atoms with Crippen LogP contribution in [0.1, 0.15) is 31.0 Å². The number of aliphatic hydroxyl groups excluding tert-OH is 1. The highest BCUT2D eigenvalue weighted by atomic mass is 19.4. The summed E-state index contributed by atoms with van der Waals surface area (Å²) in [6, 6.07) is 1.82. The van der Waals surface area contributed by atoms with Crippen LogP contribution in [0.4, 0.5) is 17.6 Å². The lowest BCUT2D eigenvalue weighted by Gasteiger charge is -2.30. The highest BCUT2D eigenvalue weighted by Gasteiger charge is 2.36. The van der Waals surface area contributed by atoms with Crippen molar-refractivity contribution in [3.05, 3.63) is 35.1 Å². The molecular formula is C12H15F4NO. The van der Waals surface area contributed by atoms with Crippen LogP contribution >= 0.6 is 0 Å². The second-order valence-electron chi connectivity index (χ2n) is 4.86. The topological polar surface area (TPSA) is 46.2 Å². The van der Waals surface area contributed by atoms with Gasteiger partial charge in [0.25, 0.3) is 0 Å². The molecule has 1 aromatic rings. The monoisotopic (exact) mass is 265 g/mol. The molecule has 1 rings (SSSR count). The summed E-state index contributed by atoms with van der Waals surface area (Å²) in [7, 11) is 0. The maximum Gasteiger partial charge on any atom is 0.419 e. The van der Waals surface area contributed by atoms with Crippen LogP contribution in [0.5, 0.6) is 0 Å². The van der Waals surface area contributed by atoms with Gasteiger partial charge >= 0.3 is 6.18 Å². The summed E-state index contributed by atoms with van der Waals surface area (Å²) in [5.41, 5.74) is 3.80. The van der Waals surface area contributed by atoms with Gasteiger partial charge in [0, 0.05) is 18.1 Å². The summed E-state index contributed by atoms with van der Waals surface area (Å²) in [6.45, 7) is 2.95. The fourth-order valence-corrected chi connectivity index (χ4v) is 1.50. The van der Waals surface area contributed by atoms with E-state index < -0.39 is 29.0 Å². The lowest BCUT2D eigenvalue weighted by molar-refractivity contribution is -0.140. The second kappa shape index (κ2) is 4.85. The number of rotatable bonds is 3. The Morgan fingerprint density at radius 1 is 1.28 bits per heavy atom. The Bertz CT molecular complexity index is 429. The van der Waals surface area contributed by atoms with E-state index in [1.807, 2.05) is 0 Å². The summed E-state index contributed by atoms with van der Waals surface area (Å²) in [5, 5.41) is 9.13. The minimum absolute atomic E-state index is 0.141. The molecule has 0 bridgehead atoms. The van der Waals surface area contributed by atoms with Crippen molar-refractivity contribution in [3.8, 4) is 0 Å². The molecule has 0 aliphatic carbocycles. The van der Waals surface area contributed by atoms with Gasteiger partial charge in [0.2, 0.25) is 0 Å². The average molecular weight is 265 g/mol. The van der Waals surface area contributed by atoms with E-state index >= 15 is 0 Å². The van der Waals surface area contributed by atoms with Crippen molar-refractivity contribution in [2.45, 2.75) is 26.1 Å². The van der Waals surface area contributed by atoms with Gasteiger partial charge in [-0.1, -0.05) is 19.9 Å². The van der Waals surface area contributed by atoms with Gasteiger partial charge in [-0.15, -0.1) is 0 Å². The molecule has 6 heteroatoms. The van der Waals surface area contributed by atoms with Crippen molar-refractivity contribution in [2.24, 2.45) is 11.1 Å². The normalized spacial score (nSPS) is 14.7. The molecular weight excluding hydrogens is 250 g/mol. The van der Waals surface area contributed by atoms with Gasteiger partial charge in [0.05, 0.1) is 5.56 Å². The zero-order valence-electron chi connectivity index (χ0n) is 10.1. The van der Waals surface area contributed by atoms with Crippen LogP contribution in [0.25, 0.3) is 0 Å². The quantitative estimate of drug-likeness (QED) is 0.825. The molecule has 0 aliphatic heterocycles. The Morgan fingerprint density at radius 2 is 1.83 bits per heavy atom. The zero-order valence-corrected chi connectivity index (χ0v) is 10.1. The second-order valence-corrected chi connectivity index (χ2v) is 4.86. The minimum atomic E-state index is -4.76. The number of hydrogen-bond donors (Lipinski definition) is 2. The third-order valence-corrected chi connectivity index (χ3v) is 2.90. The maximum absolute atomic E-state index is 13.1. The van der Waals surface area contributed by atoms with Crippen LogP contribution in [0, 0.1) is 11.2 Å². The molecule has 0 fully saturated rings. The van der Waals surface area contributed by atoms with Crippen molar-refractivity contribution in [3.63, 3.8) is 0 Å². The first-order valence-corrected chi connectivity index (χ1v) is 5.32. The smallest absolute Gasteiger partial charge is 0.396 e. The molecule has 0 saturated carbocycles. The molecule has 0 radical (unpaired) electrons. The first-order chi connectivity index (χ1) is 8.09. The molecule has 0 heterocycles. The molecule has 18 heavy (non-hydrogen) atoms. The highest BCUT2D eigenvalue weighted by molar-refractivity contribution is 5.30.